The van der Waals surface area contributed by atoms with Crippen molar-refractivity contribution in [1.29, 1.82) is 5.26 Å². The van der Waals surface area contributed by atoms with Gasteiger partial charge < -0.3 is 4.90 Å². The summed E-state index contributed by atoms with van der Waals surface area (Å²) in [6.45, 7) is 1.60. The van der Waals surface area contributed by atoms with E-state index in [0.717, 1.165) is 13.0 Å². The number of likely N-dealkylation sites (N-methyl/N-ethyl adjacent to an activating group) is 1. The number of hydrogen-bond acceptors (Lipinski definition) is 5. The fourth-order valence-corrected chi connectivity index (χ4v) is 3.13. The second-order valence-electron chi connectivity index (χ2n) is 4.36. The molecule has 1 unspecified atom stereocenters. The second kappa shape index (κ2) is 5.02. The average molecular weight is 266 g/mol. The van der Waals surface area contributed by atoms with Gasteiger partial charge in [0, 0.05) is 18.8 Å². The van der Waals surface area contributed by atoms with Gasteiger partial charge in [-0.2, -0.15) is 5.26 Å². The summed E-state index contributed by atoms with van der Waals surface area (Å²) in [6, 6.07) is 4.59. The normalized spacial score (nSPS) is 20.8. The molecule has 1 saturated heterocycles. The molecular formula is C11H14N4O2S. The van der Waals surface area contributed by atoms with Crippen molar-refractivity contribution in [1.82, 2.24) is 14.6 Å². The molecule has 0 bridgehead atoms. The van der Waals surface area contributed by atoms with Gasteiger partial charge in [0.2, 0.25) is 10.0 Å². The number of nitriles is 1. The Morgan fingerprint density at radius 3 is 2.83 bits per heavy atom. The van der Waals surface area contributed by atoms with E-state index in [1.165, 1.54) is 18.3 Å². The van der Waals surface area contributed by atoms with Crippen molar-refractivity contribution in [2.45, 2.75) is 17.4 Å². The average Bonchev–Trinajstić information content (AvgIpc) is 2.74. The van der Waals surface area contributed by atoms with Crippen LogP contribution in [-0.2, 0) is 10.0 Å². The third kappa shape index (κ3) is 2.85. The van der Waals surface area contributed by atoms with E-state index >= 15 is 0 Å². The molecule has 0 aliphatic carbocycles. The van der Waals surface area contributed by atoms with E-state index in [2.05, 4.69) is 14.6 Å². The fourth-order valence-electron chi connectivity index (χ4n) is 1.92. The van der Waals surface area contributed by atoms with E-state index in [9.17, 15) is 8.42 Å². The molecule has 96 valence electrons. The highest BCUT2D eigenvalue weighted by Gasteiger charge is 2.25. The van der Waals surface area contributed by atoms with Crippen LogP contribution in [0, 0.1) is 11.3 Å². The van der Waals surface area contributed by atoms with E-state index < -0.39 is 10.0 Å². The van der Waals surface area contributed by atoms with E-state index in [1.54, 1.807) is 0 Å². The lowest BCUT2D eigenvalue weighted by Gasteiger charge is -2.13. The summed E-state index contributed by atoms with van der Waals surface area (Å²) in [5.41, 5.74) is 0.203. The van der Waals surface area contributed by atoms with Gasteiger partial charge in [-0.25, -0.2) is 18.1 Å². The summed E-state index contributed by atoms with van der Waals surface area (Å²) in [5.74, 6) is 0. The van der Waals surface area contributed by atoms with Crippen LogP contribution >= 0.6 is 0 Å². The molecular weight excluding hydrogens is 252 g/mol. The highest BCUT2D eigenvalue weighted by molar-refractivity contribution is 7.89. The third-order valence-electron chi connectivity index (χ3n) is 2.87. The maximum absolute atomic E-state index is 12.0. The molecule has 0 saturated carbocycles. The molecule has 0 radical (unpaired) electrons. The molecule has 0 aromatic carbocycles. The molecule has 1 aliphatic heterocycles. The molecule has 1 N–H and O–H groups in total. The SMILES string of the molecule is CN1CCC(NS(=O)(=O)c2ccc(C#N)nc2)C1. The number of nitrogens with one attached hydrogen (secondary N) is 1. The third-order valence-corrected chi connectivity index (χ3v) is 4.38. The van der Waals surface area contributed by atoms with Crippen LogP contribution < -0.4 is 4.72 Å². The van der Waals surface area contributed by atoms with Gasteiger partial charge in [-0.3, -0.25) is 0 Å². The molecule has 1 aromatic rings. The van der Waals surface area contributed by atoms with Crippen molar-refractivity contribution < 1.29 is 8.42 Å². The maximum atomic E-state index is 12.0. The largest absolute Gasteiger partial charge is 0.305 e. The number of likely N-dealkylation sites (tertiary alicyclic amines) is 1. The summed E-state index contributed by atoms with van der Waals surface area (Å²) in [6.07, 6.45) is 2.01. The maximum Gasteiger partial charge on any atom is 0.242 e. The van der Waals surface area contributed by atoms with Gasteiger partial charge in [-0.05, 0) is 32.1 Å². The van der Waals surface area contributed by atoms with Gasteiger partial charge in [0.15, 0.2) is 0 Å². The quantitative estimate of drug-likeness (QED) is 0.828. The zero-order chi connectivity index (χ0) is 13.2. The molecule has 1 aromatic heterocycles. The zero-order valence-corrected chi connectivity index (χ0v) is 10.8. The fraction of sp³-hybridized carbons (Fsp3) is 0.455. The van der Waals surface area contributed by atoms with Gasteiger partial charge >= 0.3 is 0 Å². The molecule has 1 aliphatic rings. The minimum absolute atomic E-state index is 0.0596. The van der Waals surface area contributed by atoms with Gasteiger partial charge in [-0.1, -0.05) is 0 Å². The van der Waals surface area contributed by atoms with Crippen LogP contribution in [-0.4, -0.2) is 44.5 Å². The molecule has 1 atom stereocenters. The zero-order valence-electron chi connectivity index (χ0n) is 10.00. The molecule has 2 heterocycles. The predicted molar refractivity (Wildman–Crippen MR) is 65.2 cm³/mol. The Labute approximate surface area is 106 Å². The van der Waals surface area contributed by atoms with Gasteiger partial charge in [-0.15, -0.1) is 0 Å². The monoisotopic (exact) mass is 266 g/mol. The van der Waals surface area contributed by atoms with Crippen molar-refractivity contribution in [2.75, 3.05) is 20.1 Å². The number of pyridine rings is 1. The number of rotatable bonds is 3. The highest BCUT2D eigenvalue weighted by atomic mass is 32.2. The van der Waals surface area contributed by atoms with Crippen LogP contribution in [0.1, 0.15) is 12.1 Å². The summed E-state index contributed by atoms with van der Waals surface area (Å²) in [7, 11) is -1.58. The number of nitrogens with zero attached hydrogens (tertiary/aromatic N) is 3. The smallest absolute Gasteiger partial charge is 0.242 e. The molecule has 0 amide bonds. The summed E-state index contributed by atoms with van der Waals surface area (Å²) in [5, 5.41) is 8.61. The van der Waals surface area contributed by atoms with Crippen LogP contribution in [0.5, 0.6) is 0 Å². The Hall–Kier alpha value is -1.49. The Balaban J connectivity index is 2.13. The first-order valence-corrected chi connectivity index (χ1v) is 7.06. The van der Waals surface area contributed by atoms with E-state index in [0.29, 0.717) is 6.54 Å². The lowest BCUT2D eigenvalue weighted by molar-refractivity contribution is 0.407. The second-order valence-corrected chi connectivity index (χ2v) is 6.07. The topological polar surface area (TPSA) is 86.1 Å². The first kappa shape index (κ1) is 13.0. The summed E-state index contributed by atoms with van der Waals surface area (Å²) >= 11 is 0. The van der Waals surface area contributed by atoms with Gasteiger partial charge in [0.1, 0.15) is 16.7 Å². The van der Waals surface area contributed by atoms with Crippen LogP contribution in [0.2, 0.25) is 0 Å². The Bertz CT molecular complexity index is 562. The van der Waals surface area contributed by atoms with Crippen molar-refractivity contribution >= 4 is 10.0 Å². The minimum atomic E-state index is -3.54. The minimum Gasteiger partial charge on any atom is -0.305 e. The molecule has 18 heavy (non-hydrogen) atoms. The van der Waals surface area contributed by atoms with Crippen molar-refractivity contribution in [3.05, 3.63) is 24.0 Å². The van der Waals surface area contributed by atoms with Crippen LogP contribution in [0.15, 0.2) is 23.2 Å². The van der Waals surface area contributed by atoms with Crippen molar-refractivity contribution in [3.8, 4) is 6.07 Å². The summed E-state index contributed by atoms with van der Waals surface area (Å²) in [4.78, 5) is 5.93. The number of sulfonamides is 1. The lowest BCUT2D eigenvalue weighted by atomic mass is 10.3. The molecule has 0 spiro atoms. The first-order valence-electron chi connectivity index (χ1n) is 5.58. The standard InChI is InChI=1S/C11H14N4O2S/c1-15-5-4-10(8-15)14-18(16,17)11-3-2-9(6-12)13-7-11/h2-3,7,10,14H,4-5,8H2,1H3. The highest BCUT2D eigenvalue weighted by Crippen LogP contribution is 2.12. The van der Waals surface area contributed by atoms with Gasteiger partial charge in [0.05, 0.1) is 0 Å². The Morgan fingerprint density at radius 2 is 2.33 bits per heavy atom. The molecule has 1 fully saturated rings. The van der Waals surface area contributed by atoms with Gasteiger partial charge in [0.25, 0.3) is 0 Å². The van der Waals surface area contributed by atoms with E-state index in [-0.39, 0.29) is 16.6 Å². The van der Waals surface area contributed by atoms with E-state index in [1.807, 2.05) is 13.1 Å². The summed E-state index contributed by atoms with van der Waals surface area (Å²) < 4.78 is 26.7. The van der Waals surface area contributed by atoms with Crippen LogP contribution in [0.4, 0.5) is 0 Å². The Kier molecular flexibility index (Phi) is 3.61. The molecule has 2 rings (SSSR count). The predicted octanol–water partition coefficient (Wildman–Crippen LogP) is -0.0643. The van der Waals surface area contributed by atoms with E-state index in [4.69, 9.17) is 5.26 Å². The van der Waals surface area contributed by atoms with Crippen molar-refractivity contribution in [3.63, 3.8) is 0 Å². The van der Waals surface area contributed by atoms with Crippen LogP contribution in [0.25, 0.3) is 0 Å². The Morgan fingerprint density at radius 1 is 1.56 bits per heavy atom. The van der Waals surface area contributed by atoms with Crippen molar-refractivity contribution in [2.24, 2.45) is 0 Å². The number of hydrogen-bond donors (Lipinski definition) is 1. The lowest BCUT2D eigenvalue weighted by Crippen LogP contribution is -2.36. The first-order chi connectivity index (χ1) is 8.51. The number of aromatic nitrogens is 1. The molecule has 6 nitrogen and oxygen atoms in total. The van der Waals surface area contributed by atoms with Crippen LogP contribution in [0.3, 0.4) is 0 Å². The molecule has 7 heteroatoms.